The molecule has 3 rings (SSSR count). The molecule has 128 valence electrons. The minimum Gasteiger partial charge on any atom is -0.304 e. The van der Waals surface area contributed by atoms with E-state index in [9.17, 15) is 4.79 Å². The van der Waals surface area contributed by atoms with E-state index in [1.807, 2.05) is 55.8 Å². The molecule has 0 unspecified atom stereocenters. The summed E-state index contributed by atoms with van der Waals surface area (Å²) < 4.78 is 1.87. The van der Waals surface area contributed by atoms with E-state index >= 15 is 0 Å². The second-order valence-corrected chi connectivity index (χ2v) is 6.27. The smallest absolute Gasteiger partial charge is 0.262 e. The van der Waals surface area contributed by atoms with E-state index in [1.165, 1.54) is 0 Å². The first-order chi connectivity index (χ1) is 12.1. The van der Waals surface area contributed by atoms with Gasteiger partial charge in [0, 0.05) is 17.9 Å². The number of anilines is 1. The number of pyridine rings is 1. The highest BCUT2D eigenvalue weighted by Crippen LogP contribution is 2.21. The second kappa shape index (κ2) is 7.30. The average Bonchev–Trinajstić information content (AvgIpc) is 2.97. The number of carbonyl (C=O) groups is 1. The molecule has 5 nitrogen and oxygen atoms in total. The minimum atomic E-state index is -0.0557. The summed E-state index contributed by atoms with van der Waals surface area (Å²) in [6, 6.07) is 13.9. The van der Waals surface area contributed by atoms with E-state index in [2.05, 4.69) is 22.2 Å². The molecular weight excluding hydrogens is 312 g/mol. The third-order valence-electron chi connectivity index (χ3n) is 4.17. The summed E-state index contributed by atoms with van der Waals surface area (Å²) in [5.41, 5.74) is 3.43. The SMILES string of the molecule is Cc1c(C(=O)N(c2cccnc2)C(C)C)cnn1Cc1ccccc1. The number of hydrogen-bond acceptors (Lipinski definition) is 3. The summed E-state index contributed by atoms with van der Waals surface area (Å²) in [5, 5.41) is 4.42. The summed E-state index contributed by atoms with van der Waals surface area (Å²) in [6.07, 6.45) is 5.07. The Morgan fingerprint density at radius 2 is 1.88 bits per heavy atom. The number of benzene rings is 1. The fourth-order valence-electron chi connectivity index (χ4n) is 2.85. The molecule has 3 aromatic rings. The van der Waals surface area contributed by atoms with Gasteiger partial charge in [-0.05, 0) is 38.5 Å². The van der Waals surface area contributed by atoms with Crippen molar-refractivity contribution in [1.82, 2.24) is 14.8 Å². The summed E-state index contributed by atoms with van der Waals surface area (Å²) in [5.74, 6) is -0.0557. The lowest BCUT2D eigenvalue weighted by Crippen LogP contribution is -2.37. The third kappa shape index (κ3) is 3.60. The molecule has 1 amide bonds. The summed E-state index contributed by atoms with van der Waals surface area (Å²) in [7, 11) is 0. The number of hydrogen-bond donors (Lipinski definition) is 0. The van der Waals surface area contributed by atoms with Crippen molar-refractivity contribution in [2.75, 3.05) is 4.90 Å². The summed E-state index contributed by atoms with van der Waals surface area (Å²) in [4.78, 5) is 19.0. The Hall–Kier alpha value is -2.95. The van der Waals surface area contributed by atoms with Crippen molar-refractivity contribution in [3.63, 3.8) is 0 Å². The molecule has 0 fully saturated rings. The van der Waals surface area contributed by atoms with Crippen LogP contribution in [0.25, 0.3) is 0 Å². The highest BCUT2D eigenvalue weighted by molar-refractivity contribution is 6.06. The van der Waals surface area contributed by atoms with Crippen LogP contribution >= 0.6 is 0 Å². The van der Waals surface area contributed by atoms with Crippen molar-refractivity contribution in [3.05, 3.63) is 77.9 Å². The van der Waals surface area contributed by atoms with Gasteiger partial charge in [-0.3, -0.25) is 14.5 Å². The van der Waals surface area contributed by atoms with Gasteiger partial charge in [0.15, 0.2) is 0 Å². The molecule has 2 aromatic heterocycles. The number of carbonyl (C=O) groups excluding carboxylic acids is 1. The maximum Gasteiger partial charge on any atom is 0.262 e. The van der Waals surface area contributed by atoms with E-state index in [1.54, 1.807) is 23.5 Å². The molecule has 0 aliphatic rings. The normalized spacial score (nSPS) is 10.9. The van der Waals surface area contributed by atoms with Gasteiger partial charge in [0.05, 0.1) is 30.2 Å². The van der Waals surface area contributed by atoms with Crippen molar-refractivity contribution in [2.45, 2.75) is 33.4 Å². The van der Waals surface area contributed by atoms with Crippen LogP contribution in [-0.4, -0.2) is 26.7 Å². The standard InChI is InChI=1S/C20H22N4O/c1-15(2)24(18-10-7-11-21-12-18)20(25)19-13-22-23(16(19)3)14-17-8-5-4-6-9-17/h4-13,15H,14H2,1-3H3. The van der Waals surface area contributed by atoms with Crippen LogP contribution in [0.15, 0.2) is 61.1 Å². The molecule has 1 aromatic carbocycles. The number of nitrogens with zero attached hydrogens (tertiary/aromatic N) is 4. The van der Waals surface area contributed by atoms with Gasteiger partial charge in [-0.25, -0.2) is 0 Å². The predicted molar refractivity (Wildman–Crippen MR) is 98.7 cm³/mol. The zero-order chi connectivity index (χ0) is 17.8. The molecular formula is C20H22N4O. The fourth-order valence-corrected chi connectivity index (χ4v) is 2.85. The van der Waals surface area contributed by atoms with Crippen LogP contribution < -0.4 is 4.90 Å². The molecule has 2 heterocycles. The molecule has 0 saturated carbocycles. The van der Waals surface area contributed by atoms with Crippen LogP contribution in [0.2, 0.25) is 0 Å². The van der Waals surface area contributed by atoms with Crippen LogP contribution in [-0.2, 0) is 6.54 Å². The Morgan fingerprint density at radius 1 is 1.12 bits per heavy atom. The first-order valence-electron chi connectivity index (χ1n) is 8.38. The van der Waals surface area contributed by atoms with Crippen molar-refractivity contribution in [3.8, 4) is 0 Å². The van der Waals surface area contributed by atoms with Gasteiger partial charge in [0.1, 0.15) is 0 Å². The fraction of sp³-hybridized carbons (Fsp3) is 0.250. The van der Waals surface area contributed by atoms with E-state index in [0.717, 1.165) is 16.9 Å². The minimum absolute atomic E-state index is 0.0218. The lowest BCUT2D eigenvalue weighted by atomic mass is 10.1. The Labute approximate surface area is 147 Å². The van der Waals surface area contributed by atoms with Crippen molar-refractivity contribution >= 4 is 11.6 Å². The molecule has 0 spiro atoms. The highest BCUT2D eigenvalue weighted by atomic mass is 16.2. The van der Waals surface area contributed by atoms with Crippen LogP contribution in [0.5, 0.6) is 0 Å². The lowest BCUT2D eigenvalue weighted by Gasteiger charge is -2.26. The van der Waals surface area contributed by atoms with Crippen molar-refractivity contribution in [2.24, 2.45) is 0 Å². The number of rotatable bonds is 5. The molecule has 0 radical (unpaired) electrons. The molecule has 0 N–H and O–H groups in total. The average molecular weight is 334 g/mol. The van der Waals surface area contributed by atoms with Gasteiger partial charge < -0.3 is 4.90 Å². The molecule has 5 heteroatoms. The molecule has 0 atom stereocenters. The first kappa shape index (κ1) is 16.9. The molecule has 0 aliphatic heterocycles. The third-order valence-corrected chi connectivity index (χ3v) is 4.17. The maximum atomic E-state index is 13.1. The monoisotopic (exact) mass is 334 g/mol. The van der Waals surface area contributed by atoms with Crippen LogP contribution in [0, 0.1) is 6.92 Å². The van der Waals surface area contributed by atoms with E-state index in [4.69, 9.17) is 0 Å². The van der Waals surface area contributed by atoms with Gasteiger partial charge in [-0.2, -0.15) is 5.10 Å². The van der Waals surface area contributed by atoms with Crippen LogP contribution in [0.1, 0.15) is 35.5 Å². The van der Waals surface area contributed by atoms with Crippen LogP contribution in [0.4, 0.5) is 5.69 Å². The predicted octanol–water partition coefficient (Wildman–Crippen LogP) is 3.69. The highest BCUT2D eigenvalue weighted by Gasteiger charge is 2.24. The van der Waals surface area contributed by atoms with E-state index in [0.29, 0.717) is 12.1 Å². The molecule has 25 heavy (non-hydrogen) atoms. The van der Waals surface area contributed by atoms with Gasteiger partial charge in [0.2, 0.25) is 0 Å². The van der Waals surface area contributed by atoms with Gasteiger partial charge in [0.25, 0.3) is 5.91 Å². The Morgan fingerprint density at radius 3 is 2.52 bits per heavy atom. The van der Waals surface area contributed by atoms with Gasteiger partial charge in [-0.15, -0.1) is 0 Å². The lowest BCUT2D eigenvalue weighted by molar-refractivity contribution is 0.0979. The first-order valence-corrected chi connectivity index (χ1v) is 8.38. The largest absolute Gasteiger partial charge is 0.304 e. The maximum absolute atomic E-state index is 13.1. The van der Waals surface area contributed by atoms with Crippen molar-refractivity contribution < 1.29 is 4.79 Å². The zero-order valence-corrected chi connectivity index (χ0v) is 14.8. The van der Waals surface area contributed by atoms with E-state index < -0.39 is 0 Å². The topological polar surface area (TPSA) is 51.0 Å². The zero-order valence-electron chi connectivity index (χ0n) is 14.8. The Balaban J connectivity index is 1.89. The molecule has 0 saturated heterocycles. The van der Waals surface area contributed by atoms with Gasteiger partial charge >= 0.3 is 0 Å². The molecule has 0 bridgehead atoms. The second-order valence-electron chi connectivity index (χ2n) is 6.27. The number of amides is 1. The van der Waals surface area contributed by atoms with Gasteiger partial charge in [-0.1, -0.05) is 30.3 Å². The quantitative estimate of drug-likeness (QED) is 0.715. The summed E-state index contributed by atoms with van der Waals surface area (Å²) >= 11 is 0. The number of aromatic nitrogens is 3. The Bertz CT molecular complexity index is 841. The summed E-state index contributed by atoms with van der Waals surface area (Å²) in [6.45, 7) is 6.57. The van der Waals surface area contributed by atoms with Crippen LogP contribution in [0.3, 0.4) is 0 Å². The van der Waals surface area contributed by atoms with E-state index in [-0.39, 0.29) is 11.9 Å². The van der Waals surface area contributed by atoms with Crippen molar-refractivity contribution in [1.29, 1.82) is 0 Å². The Kier molecular flexibility index (Phi) is 4.93. The molecule has 0 aliphatic carbocycles.